The van der Waals surface area contributed by atoms with Crippen LogP contribution in [0, 0.1) is 5.41 Å². The van der Waals surface area contributed by atoms with Crippen LogP contribution in [-0.4, -0.2) is 42.1 Å². The molecule has 0 aromatic rings. The first kappa shape index (κ1) is 13.2. The average Bonchev–Trinajstić information content (AvgIpc) is 3.13. The van der Waals surface area contributed by atoms with Crippen molar-refractivity contribution in [3.63, 3.8) is 0 Å². The number of aliphatic hydroxyl groups excluding tert-OH is 1. The van der Waals surface area contributed by atoms with Crippen LogP contribution in [0.5, 0.6) is 0 Å². The zero-order chi connectivity index (χ0) is 12.6. The third kappa shape index (κ3) is 2.22. The van der Waals surface area contributed by atoms with Gasteiger partial charge in [0.05, 0.1) is 18.7 Å². The number of rotatable bonds is 4. The Morgan fingerprint density at radius 1 is 1.29 bits per heavy atom. The Bertz CT molecular complexity index is 270. The number of nitrogens with two attached hydrogens (primary N) is 1. The van der Waals surface area contributed by atoms with Gasteiger partial charge < -0.3 is 15.6 Å². The van der Waals surface area contributed by atoms with Crippen LogP contribution in [0.4, 0.5) is 0 Å². The predicted octanol–water partition coefficient (Wildman–Crippen LogP) is 0.172. The molecule has 2 heterocycles. The van der Waals surface area contributed by atoms with Gasteiger partial charge in [-0.05, 0) is 18.3 Å². The number of hydrogen-bond donors (Lipinski definition) is 3. The van der Waals surface area contributed by atoms with Gasteiger partial charge in [0.2, 0.25) is 0 Å². The second-order valence-corrected chi connectivity index (χ2v) is 5.45. The third-order valence-electron chi connectivity index (χ3n) is 4.53. The topological polar surface area (TPSA) is 80.0 Å². The molecule has 0 amide bonds. The Kier molecular flexibility index (Phi) is 3.75. The van der Waals surface area contributed by atoms with E-state index in [2.05, 4.69) is 26.3 Å². The van der Waals surface area contributed by atoms with Crippen LogP contribution in [0.2, 0.25) is 0 Å². The third-order valence-corrected chi connectivity index (χ3v) is 4.53. The maximum Gasteiger partial charge on any atom is 0.106 e. The highest BCUT2D eigenvalue weighted by Crippen LogP contribution is 2.40. The highest BCUT2D eigenvalue weighted by molar-refractivity contribution is 5.06. The van der Waals surface area contributed by atoms with E-state index in [1.165, 1.54) is 0 Å². The van der Waals surface area contributed by atoms with Crippen molar-refractivity contribution >= 4 is 0 Å². The van der Waals surface area contributed by atoms with Crippen LogP contribution in [0.25, 0.3) is 0 Å². The minimum absolute atomic E-state index is 0.00189. The van der Waals surface area contributed by atoms with Gasteiger partial charge >= 0.3 is 0 Å². The summed E-state index contributed by atoms with van der Waals surface area (Å²) in [6.45, 7) is 6.50. The zero-order valence-electron chi connectivity index (χ0n) is 10.8. The first-order chi connectivity index (χ1) is 8.07. The molecule has 0 saturated carbocycles. The second-order valence-electron chi connectivity index (χ2n) is 5.45. The fourth-order valence-corrected chi connectivity index (χ4v) is 2.65. The molecule has 5 unspecified atom stereocenters. The summed E-state index contributed by atoms with van der Waals surface area (Å²) in [4.78, 5) is 5.75. The molecule has 0 bridgehead atoms. The van der Waals surface area contributed by atoms with E-state index in [-0.39, 0.29) is 42.4 Å². The summed E-state index contributed by atoms with van der Waals surface area (Å²) >= 11 is 0. The molecule has 2 aliphatic rings. The van der Waals surface area contributed by atoms with Gasteiger partial charge in [0.25, 0.3) is 0 Å². The molecule has 2 aliphatic heterocycles. The van der Waals surface area contributed by atoms with Crippen molar-refractivity contribution in [2.24, 2.45) is 11.1 Å². The lowest BCUT2D eigenvalue weighted by Gasteiger charge is -2.38. The zero-order valence-corrected chi connectivity index (χ0v) is 10.8. The molecule has 2 fully saturated rings. The molecule has 5 nitrogen and oxygen atoms in total. The van der Waals surface area contributed by atoms with Crippen LogP contribution in [0.1, 0.15) is 33.6 Å². The molecule has 17 heavy (non-hydrogen) atoms. The normalized spacial score (nSPS) is 41.8. The van der Waals surface area contributed by atoms with Crippen molar-refractivity contribution in [3.05, 3.63) is 0 Å². The number of epoxide rings is 1. The summed E-state index contributed by atoms with van der Waals surface area (Å²) < 4.78 is 5.56. The Morgan fingerprint density at radius 2 is 1.94 bits per heavy atom. The van der Waals surface area contributed by atoms with Gasteiger partial charge in [0, 0.05) is 0 Å². The molecule has 5 heteroatoms. The molecule has 0 aromatic heterocycles. The first-order valence-electron chi connectivity index (χ1n) is 6.50. The first-order valence-corrected chi connectivity index (χ1v) is 6.50. The Hall–Kier alpha value is -0.200. The minimum Gasteiger partial charge on any atom is -0.395 e. The molecule has 2 saturated heterocycles. The molecular weight excluding hydrogens is 220 g/mol. The van der Waals surface area contributed by atoms with Crippen LogP contribution in [-0.2, 0) is 9.57 Å². The lowest BCUT2D eigenvalue weighted by molar-refractivity contribution is -0.121. The van der Waals surface area contributed by atoms with Crippen molar-refractivity contribution in [2.75, 3.05) is 6.61 Å². The largest absolute Gasteiger partial charge is 0.395 e. The quantitative estimate of drug-likeness (QED) is 0.614. The van der Waals surface area contributed by atoms with Crippen LogP contribution >= 0.6 is 0 Å². The van der Waals surface area contributed by atoms with Gasteiger partial charge in [-0.3, -0.25) is 4.84 Å². The van der Waals surface area contributed by atoms with E-state index in [9.17, 15) is 5.11 Å². The molecule has 2 rings (SSSR count). The summed E-state index contributed by atoms with van der Waals surface area (Å²) in [6, 6.07) is -0.289. The summed E-state index contributed by atoms with van der Waals surface area (Å²) in [6.07, 6.45) is 1.95. The maximum atomic E-state index is 9.24. The lowest BCUT2D eigenvalue weighted by atomic mass is 9.75. The molecular formula is C12H24N2O3. The summed E-state index contributed by atoms with van der Waals surface area (Å²) in [5.41, 5.74) is 9.20. The highest BCUT2D eigenvalue weighted by atomic mass is 16.7. The van der Waals surface area contributed by atoms with Crippen molar-refractivity contribution in [3.8, 4) is 0 Å². The smallest absolute Gasteiger partial charge is 0.106 e. The van der Waals surface area contributed by atoms with Crippen LogP contribution in [0.15, 0.2) is 0 Å². The van der Waals surface area contributed by atoms with Crippen molar-refractivity contribution in [1.29, 1.82) is 0 Å². The highest BCUT2D eigenvalue weighted by Gasteiger charge is 2.56. The number of nitrogens with one attached hydrogen (secondary N) is 1. The monoisotopic (exact) mass is 244 g/mol. The molecule has 0 aromatic carbocycles. The van der Waals surface area contributed by atoms with Crippen LogP contribution < -0.4 is 11.2 Å². The summed E-state index contributed by atoms with van der Waals surface area (Å²) in [7, 11) is 0. The lowest BCUT2D eigenvalue weighted by Crippen LogP contribution is -2.51. The summed E-state index contributed by atoms with van der Waals surface area (Å²) in [5.74, 6) is 0. The number of hydrogen-bond acceptors (Lipinski definition) is 5. The van der Waals surface area contributed by atoms with E-state index in [0.29, 0.717) is 0 Å². The van der Waals surface area contributed by atoms with Gasteiger partial charge in [-0.15, -0.1) is 0 Å². The van der Waals surface area contributed by atoms with Gasteiger partial charge in [-0.2, -0.15) is 5.48 Å². The van der Waals surface area contributed by atoms with Crippen molar-refractivity contribution in [2.45, 2.75) is 64.0 Å². The molecule has 100 valence electrons. The SMILES string of the molecule is CCC(C)(CC)C1ONC(CO)C2OC2C1N. The van der Waals surface area contributed by atoms with Gasteiger partial charge in [0.15, 0.2) is 0 Å². The van der Waals surface area contributed by atoms with E-state index in [0.717, 1.165) is 12.8 Å². The molecule has 4 N–H and O–H groups in total. The predicted molar refractivity (Wildman–Crippen MR) is 64.2 cm³/mol. The summed E-state index contributed by atoms with van der Waals surface area (Å²) in [5, 5.41) is 9.24. The molecule has 0 aliphatic carbocycles. The molecule has 5 atom stereocenters. The number of aliphatic hydroxyl groups is 1. The van der Waals surface area contributed by atoms with E-state index in [1.807, 2.05) is 0 Å². The number of hydroxylamine groups is 1. The Morgan fingerprint density at radius 3 is 2.47 bits per heavy atom. The van der Waals surface area contributed by atoms with Gasteiger partial charge in [0.1, 0.15) is 18.3 Å². The van der Waals surface area contributed by atoms with E-state index in [4.69, 9.17) is 15.3 Å². The fourth-order valence-electron chi connectivity index (χ4n) is 2.65. The van der Waals surface area contributed by atoms with E-state index in [1.54, 1.807) is 0 Å². The molecule has 0 radical (unpaired) electrons. The van der Waals surface area contributed by atoms with Gasteiger partial charge in [-0.25, -0.2) is 0 Å². The van der Waals surface area contributed by atoms with Crippen molar-refractivity contribution in [1.82, 2.24) is 5.48 Å². The number of ether oxygens (including phenoxy) is 1. The average molecular weight is 244 g/mol. The number of fused-ring (bicyclic) bond motifs is 1. The second kappa shape index (κ2) is 4.82. The minimum atomic E-state index is -0.158. The van der Waals surface area contributed by atoms with E-state index < -0.39 is 0 Å². The fraction of sp³-hybridized carbons (Fsp3) is 1.00. The Labute approximate surface area is 103 Å². The van der Waals surface area contributed by atoms with E-state index >= 15 is 0 Å². The Balaban J connectivity index is 2.13. The van der Waals surface area contributed by atoms with Crippen molar-refractivity contribution < 1.29 is 14.7 Å². The maximum absolute atomic E-state index is 9.24. The van der Waals surface area contributed by atoms with Crippen LogP contribution in [0.3, 0.4) is 0 Å². The van der Waals surface area contributed by atoms with Gasteiger partial charge in [-0.1, -0.05) is 20.8 Å². The standard InChI is InChI=1S/C12H24N2O3/c1-4-12(3,5-2)11-8(13)10-9(16-10)7(6-15)14-17-11/h7-11,14-15H,4-6,13H2,1-3H3. The molecule has 0 spiro atoms.